The number of ketones is 2. The summed E-state index contributed by atoms with van der Waals surface area (Å²) in [6, 6.07) is -0.0129. The lowest BCUT2D eigenvalue weighted by Crippen LogP contribution is -2.62. The first-order valence-corrected chi connectivity index (χ1v) is 37.1. The number of nitrogens with zero attached hydrogens (tertiary/aromatic N) is 3. The monoisotopic (exact) mass is 1250 g/mol. The maximum Gasteiger partial charge on any atom is 0.325 e. The van der Waals surface area contributed by atoms with Crippen molar-refractivity contribution in [3.05, 3.63) is 10.4 Å². The minimum atomic E-state index is -0.511. The summed E-state index contributed by atoms with van der Waals surface area (Å²) in [7, 11) is 1.30. The lowest BCUT2D eigenvalue weighted by molar-refractivity contribution is -0.205. The molecule has 0 bridgehead atoms. The van der Waals surface area contributed by atoms with Gasteiger partial charge in [-0.05, 0) is 299 Å². The standard InChI is InChI=1S/C75H120N4O11/c1-39(11-20-57(80)43-24-27-71(5)45(30-43)33-60(83)68-52-19-16-50(75(52,9)63(86)36-55(68)71)41(3)13-22-65(88)77-38-66(89)90-10)48-14-17-51-67-54(35-62(85)73(48,51)7)70(4)26-23-42(29-44(70)32-59(67)82)58(81)21-12-40(2)49-15-18-53-69-56(37-64(87)74(49,53)8)72(6)28-25-47(78-79-76)31-46(72)34-61(69)84/h39-56,59-64,67-69,82-87H,11-38H2,1-10H3,(H,77,88)/t39-,40-,41-,42?,43?,44+,45+,46+,47?,48-,49-,50-,51+,52+,53+,54+,55+,56+,59-,60-,61-,62+,63+,64+,67+,68+,69+,70+,71+,72+,73-,74-,75-/m1/s1/i38+1,77+1. The van der Waals surface area contributed by atoms with Crippen LogP contribution in [0.3, 0.4) is 0 Å². The first-order valence-electron chi connectivity index (χ1n) is 37.1. The number of amides is 1. The predicted octanol–water partition coefficient (Wildman–Crippen LogP) is 12.4. The van der Waals surface area contributed by atoms with E-state index in [1.807, 2.05) is 0 Å². The van der Waals surface area contributed by atoms with Crippen LogP contribution in [0.15, 0.2) is 5.11 Å². The van der Waals surface area contributed by atoms with E-state index in [2.05, 4.69) is 82.4 Å². The fourth-order valence-corrected chi connectivity index (χ4v) is 27.6. The minimum Gasteiger partial charge on any atom is -0.468 e. The van der Waals surface area contributed by atoms with E-state index in [0.717, 1.165) is 116 Å². The number of hydrogen-bond acceptors (Lipinski definition) is 12. The summed E-state index contributed by atoms with van der Waals surface area (Å²) in [4.78, 5) is 56.3. The number of nitrogens with one attached hydrogen (secondary N) is 1. The number of Topliss-reactive ketones (excluding diaryl/α,β-unsaturated/α-hetero) is 2. The lowest BCUT2D eigenvalue weighted by Gasteiger charge is -2.64. The molecule has 90 heavy (non-hydrogen) atoms. The Bertz CT molecular complexity index is 2720. The zero-order valence-corrected chi connectivity index (χ0v) is 57.0. The number of methoxy groups -OCH3 is 1. The van der Waals surface area contributed by atoms with Gasteiger partial charge in [-0.3, -0.25) is 19.2 Å². The van der Waals surface area contributed by atoms with Crippen LogP contribution in [0.4, 0.5) is 0 Å². The second-order valence-corrected chi connectivity index (χ2v) is 35.7. The van der Waals surface area contributed by atoms with Crippen LogP contribution in [-0.2, 0) is 23.9 Å². The van der Waals surface area contributed by atoms with Gasteiger partial charge in [-0.2, -0.15) is 0 Å². The summed E-state index contributed by atoms with van der Waals surface area (Å²) in [6.07, 6.45) is 18.7. The molecular formula is C75H120N4O11. The molecule has 0 aromatic heterocycles. The highest BCUT2D eigenvalue weighted by atomic mass is 16.5. The summed E-state index contributed by atoms with van der Waals surface area (Å²) < 4.78 is 4.68. The van der Waals surface area contributed by atoms with Crippen molar-refractivity contribution in [1.82, 2.24) is 5.32 Å². The quantitative estimate of drug-likeness (QED) is 0.0180. The molecule has 0 aromatic carbocycles. The SMILES string of the molecule is COC(=O)[13CH2][15NH]C(=O)CC[C@@H](C)[C@H]1CC[C@H]2[C@@H]3[C@H](O)C[C@@H]4CC(C(=O)CC[C@@H](C)[C@H]5CC[C@H]6[C@@H]7[C@H](O)C[C@@H]8CC(C(=O)CC[C@@H](C)[C@H]9CC[C@H]%10[C@@H]%11[C@H](O)C[C@@H]%12CC(N=[N+]=[N-])CC[C@]%12(C)[C@H]%11C[C@H](O)[C@]9%10C)CC[C@]8(C)[C@H]7C[C@H](O)[C@]56C)CC[C@]4(C)[C@H]3C[C@H](O)[C@]12C. The molecule has 0 radical (unpaired) electrons. The molecule has 506 valence electrons. The van der Waals surface area contributed by atoms with Crippen molar-refractivity contribution in [2.45, 2.75) is 278 Å². The summed E-state index contributed by atoms with van der Waals surface area (Å²) in [5.74, 6) is 3.79. The van der Waals surface area contributed by atoms with Crippen LogP contribution in [0, 0.1) is 151 Å². The molecule has 0 aliphatic heterocycles. The third kappa shape index (κ3) is 10.8. The number of esters is 1. The van der Waals surface area contributed by atoms with Crippen molar-refractivity contribution in [3.8, 4) is 0 Å². The average Bonchev–Trinajstić information content (AvgIpc) is 1.39. The van der Waals surface area contributed by atoms with E-state index >= 15 is 0 Å². The third-order valence-electron chi connectivity index (χ3n) is 32.9. The van der Waals surface area contributed by atoms with E-state index in [-0.39, 0.29) is 169 Å². The van der Waals surface area contributed by atoms with Crippen LogP contribution in [0.2, 0.25) is 0 Å². The zero-order chi connectivity index (χ0) is 64.5. The largest absolute Gasteiger partial charge is 0.468 e. The van der Waals surface area contributed by atoms with E-state index in [4.69, 9.17) is 0 Å². The first-order chi connectivity index (χ1) is 42.6. The van der Waals surface area contributed by atoms with Gasteiger partial charge in [0.1, 0.15) is 18.1 Å². The Labute approximate surface area is 539 Å². The number of carbonyl (C=O) groups is 4. The number of fused-ring (bicyclic) bond motifs is 15. The highest BCUT2D eigenvalue weighted by Crippen LogP contribution is 2.73. The summed E-state index contributed by atoms with van der Waals surface area (Å²) in [6.45, 7) is 20.8. The van der Waals surface area contributed by atoms with Crippen LogP contribution in [0.5, 0.6) is 0 Å². The molecule has 15 heteroatoms. The highest BCUT2D eigenvalue weighted by Gasteiger charge is 2.70. The van der Waals surface area contributed by atoms with Gasteiger partial charge in [0.2, 0.25) is 5.91 Å². The Morgan fingerprint density at radius 2 is 0.844 bits per heavy atom. The molecule has 0 saturated heterocycles. The van der Waals surface area contributed by atoms with Gasteiger partial charge in [0.05, 0.1) is 43.7 Å². The third-order valence-corrected chi connectivity index (χ3v) is 32.9. The maximum absolute atomic E-state index is 14.5. The Balaban J connectivity index is 0.619. The molecule has 12 aliphatic rings. The normalized spacial score (nSPS) is 51.7. The Morgan fingerprint density at radius 1 is 0.489 bits per heavy atom. The molecule has 0 heterocycles. The fraction of sp³-hybridized carbons (Fsp3) is 0.947. The van der Waals surface area contributed by atoms with Crippen molar-refractivity contribution in [2.75, 3.05) is 13.7 Å². The molecule has 0 aromatic rings. The number of azide groups is 1. The number of aliphatic hydroxyl groups is 6. The van der Waals surface area contributed by atoms with Crippen LogP contribution >= 0.6 is 0 Å². The zero-order valence-electron chi connectivity index (χ0n) is 57.0. The van der Waals surface area contributed by atoms with Crippen molar-refractivity contribution in [1.29, 1.82) is 0 Å². The van der Waals surface area contributed by atoms with Gasteiger partial charge in [-0.25, -0.2) is 0 Å². The van der Waals surface area contributed by atoms with Gasteiger partial charge in [0.25, 0.3) is 0 Å². The van der Waals surface area contributed by atoms with Crippen LogP contribution in [0.25, 0.3) is 10.4 Å². The maximum atomic E-state index is 14.5. The smallest absolute Gasteiger partial charge is 0.325 e. The number of carbonyl (C=O) groups excluding carboxylic acids is 4. The molecular weight excluding hydrogens is 1130 g/mol. The molecule has 0 spiro atoms. The van der Waals surface area contributed by atoms with E-state index in [0.29, 0.717) is 69.4 Å². The van der Waals surface area contributed by atoms with Gasteiger partial charge in [-0.1, -0.05) is 67.4 Å². The van der Waals surface area contributed by atoms with Crippen molar-refractivity contribution >= 4 is 23.4 Å². The predicted molar refractivity (Wildman–Crippen MR) is 344 cm³/mol. The van der Waals surface area contributed by atoms with Gasteiger partial charge in [0.15, 0.2) is 0 Å². The average molecular weight is 1260 g/mol. The van der Waals surface area contributed by atoms with Crippen molar-refractivity contribution < 1.29 is 54.6 Å². The Kier molecular flexibility index (Phi) is 18.8. The number of ether oxygens (including phenoxy) is 1. The van der Waals surface area contributed by atoms with E-state index in [1.165, 1.54) is 7.11 Å². The molecule has 12 aliphatic carbocycles. The molecule has 7 N–H and O–H groups in total. The topological polar surface area (TPSA) is 260 Å². The van der Waals surface area contributed by atoms with Crippen molar-refractivity contribution in [2.24, 2.45) is 156 Å². The molecule has 12 saturated carbocycles. The van der Waals surface area contributed by atoms with E-state index in [1.54, 1.807) is 0 Å². The summed E-state index contributed by atoms with van der Waals surface area (Å²) in [5, 5.41) is 80.5. The second kappa shape index (κ2) is 25.1. The first kappa shape index (κ1) is 67.3. The van der Waals surface area contributed by atoms with Crippen molar-refractivity contribution in [3.63, 3.8) is 0 Å². The lowest BCUT2D eigenvalue weighted by atomic mass is 9.42. The van der Waals surface area contributed by atoms with E-state index < -0.39 is 42.6 Å². The van der Waals surface area contributed by atoms with Gasteiger partial charge < -0.3 is 40.7 Å². The van der Waals surface area contributed by atoms with Gasteiger partial charge >= 0.3 is 5.97 Å². The van der Waals surface area contributed by atoms with Crippen LogP contribution in [0.1, 0.15) is 236 Å². The number of aliphatic hydroxyl groups excluding tert-OH is 6. The van der Waals surface area contributed by atoms with E-state index in [9.17, 15) is 55.3 Å². The molecule has 12 fully saturated rings. The molecule has 15 nitrogen and oxygen atoms in total. The van der Waals surface area contributed by atoms with Gasteiger partial charge in [0, 0.05) is 42.1 Å². The molecule has 12 rings (SSSR count). The van der Waals surface area contributed by atoms with Gasteiger partial charge in [-0.15, -0.1) is 0 Å². The highest BCUT2D eigenvalue weighted by molar-refractivity contribution is 5.82. The van der Waals surface area contributed by atoms with Crippen LogP contribution in [-0.4, -0.2) is 110 Å². The fourth-order valence-electron chi connectivity index (χ4n) is 27.6. The minimum absolute atomic E-state index is 0.0129. The Morgan fingerprint density at radius 3 is 1.21 bits per heavy atom. The summed E-state index contributed by atoms with van der Waals surface area (Å²) in [5.41, 5.74) is 8.07. The molecule has 33 atom stereocenters. The number of hydrogen-bond donors (Lipinski definition) is 7. The second-order valence-electron chi connectivity index (χ2n) is 35.7. The molecule has 3 unspecified atom stereocenters. The van der Waals surface area contributed by atoms with Crippen LogP contribution < -0.4 is 5.32 Å². The Hall–Kier alpha value is -2.65. The number of rotatable bonds is 17. The molecule has 1 amide bonds. The summed E-state index contributed by atoms with van der Waals surface area (Å²) >= 11 is 0.